The summed E-state index contributed by atoms with van der Waals surface area (Å²) in [7, 11) is 0. The van der Waals surface area contributed by atoms with Crippen LogP contribution in [0.4, 0.5) is 18.0 Å². The van der Waals surface area contributed by atoms with Crippen molar-refractivity contribution in [2.75, 3.05) is 19.8 Å². The number of alkyl halides is 3. The molecule has 1 amide bonds. The van der Waals surface area contributed by atoms with Crippen LogP contribution in [0.1, 0.15) is 32.0 Å². The average molecular weight is 331 g/mol. The molecule has 0 atom stereocenters. The highest BCUT2D eigenvalue weighted by Crippen LogP contribution is 2.30. The molecular formula is C15H20F3N3O2. The fourth-order valence-corrected chi connectivity index (χ4v) is 2.31. The molecule has 1 fully saturated rings. The number of carbonyl (C=O) groups is 1. The van der Waals surface area contributed by atoms with Gasteiger partial charge in [0.05, 0.1) is 6.67 Å². The molecule has 0 N–H and O–H groups in total. The molecule has 5 nitrogen and oxygen atoms in total. The molecule has 0 unspecified atom stereocenters. The van der Waals surface area contributed by atoms with Crippen molar-refractivity contribution in [1.29, 1.82) is 0 Å². The van der Waals surface area contributed by atoms with Gasteiger partial charge in [-0.2, -0.15) is 13.2 Å². The van der Waals surface area contributed by atoms with Crippen molar-refractivity contribution in [3.63, 3.8) is 0 Å². The van der Waals surface area contributed by atoms with Gasteiger partial charge in [0.2, 0.25) is 0 Å². The molecule has 0 bridgehead atoms. The Morgan fingerprint density at radius 1 is 1.30 bits per heavy atom. The van der Waals surface area contributed by atoms with Gasteiger partial charge >= 0.3 is 12.3 Å². The monoisotopic (exact) mass is 331 g/mol. The van der Waals surface area contributed by atoms with Crippen molar-refractivity contribution in [3.8, 4) is 0 Å². The second kappa shape index (κ2) is 6.35. The highest BCUT2D eigenvalue weighted by Gasteiger charge is 2.36. The molecule has 1 saturated heterocycles. The van der Waals surface area contributed by atoms with Crippen LogP contribution in [-0.4, -0.2) is 46.2 Å². The van der Waals surface area contributed by atoms with Gasteiger partial charge in [-0.1, -0.05) is 6.07 Å². The van der Waals surface area contributed by atoms with Crippen LogP contribution in [0.3, 0.4) is 0 Å². The molecular weight excluding hydrogens is 311 g/mol. The van der Waals surface area contributed by atoms with Crippen LogP contribution in [0, 0.1) is 0 Å². The Morgan fingerprint density at radius 3 is 2.61 bits per heavy atom. The Morgan fingerprint density at radius 2 is 2.00 bits per heavy atom. The summed E-state index contributed by atoms with van der Waals surface area (Å²) in [4.78, 5) is 18.6. The second-order valence-electron chi connectivity index (χ2n) is 6.45. The zero-order chi connectivity index (χ0) is 17.3. The number of ether oxygens (including phenoxy) is 1. The summed E-state index contributed by atoms with van der Waals surface area (Å²) in [5.41, 5.74) is -1.38. The summed E-state index contributed by atoms with van der Waals surface area (Å²) in [6.45, 7) is 6.54. The summed E-state index contributed by atoms with van der Waals surface area (Å²) in [5.74, 6) is 0. The third-order valence-corrected chi connectivity index (χ3v) is 3.26. The number of amides is 1. The minimum absolute atomic E-state index is 0.0853. The van der Waals surface area contributed by atoms with E-state index in [2.05, 4.69) is 4.98 Å². The number of aromatic nitrogens is 1. The lowest BCUT2D eigenvalue weighted by Crippen LogP contribution is -2.36. The first-order chi connectivity index (χ1) is 10.6. The third-order valence-electron chi connectivity index (χ3n) is 3.26. The zero-order valence-electron chi connectivity index (χ0n) is 13.4. The smallest absolute Gasteiger partial charge is 0.433 e. The van der Waals surface area contributed by atoms with Gasteiger partial charge in [0.25, 0.3) is 0 Å². The first-order valence-corrected chi connectivity index (χ1v) is 7.27. The van der Waals surface area contributed by atoms with Crippen molar-refractivity contribution in [3.05, 3.63) is 29.6 Å². The van der Waals surface area contributed by atoms with Gasteiger partial charge in [0.1, 0.15) is 11.3 Å². The molecule has 1 aromatic rings. The van der Waals surface area contributed by atoms with E-state index in [9.17, 15) is 18.0 Å². The first-order valence-electron chi connectivity index (χ1n) is 7.27. The van der Waals surface area contributed by atoms with Gasteiger partial charge in [-0.15, -0.1) is 0 Å². The molecule has 0 spiro atoms. The number of carbonyl (C=O) groups excluding carboxylic acids is 1. The summed E-state index contributed by atoms with van der Waals surface area (Å²) >= 11 is 0. The molecule has 1 aromatic heterocycles. The topological polar surface area (TPSA) is 45.7 Å². The van der Waals surface area contributed by atoms with Crippen LogP contribution in [-0.2, 0) is 17.5 Å². The Bertz CT molecular complexity index is 570. The predicted octanol–water partition coefficient (Wildman–Crippen LogP) is 3.11. The number of halogens is 3. The van der Waals surface area contributed by atoms with Crippen molar-refractivity contribution in [1.82, 2.24) is 14.8 Å². The lowest BCUT2D eigenvalue weighted by atomic mass is 10.2. The van der Waals surface area contributed by atoms with Crippen molar-refractivity contribution in [2.45, 2.75) is 39.1 Å². The Hall–Kier alpha value is -1.83. The van der Waals surface area contributed by atoms with E-state index < -0.39 is 23.6 Å². The van der Waals surface area contributed by atoms with Crippen LogP contribution >= 0.6 is 0 Å². The van der Waals surface area contributed by atoms with E-state index in [1.54, 1.807) is 25.7 Å². The minimum Gasteiger partial charge on any atom is -0.444 e. The number of pyridine rings is 1. The lowest BCUT2D eigenvalue weighted by molar-refractivity contribution is -0.142. The Balaban J connectivity index is 2.00. The summed E-state index contributed by atoms with van der Waals surface area (Å²) in [6.07, 6.45) is -3.81. The maximum atomic E-state index is 12.9. The van der Waals surface area contributed by atoms with Gasteiger partial charge in [0.15, 0.2) is 0 Å². The van der Waals surface area contributed by atoms with Crippen molar-refractivity contribution >= 4 is 6.09 Å². The van der Waals surface area contributed by atoms with E-state index >= 15 is 0 Å². The quantitative estimate of drug-likeness (QED) is 0.835. The van der Waals surface area contributed by atoms with Crippen LogP contribution < -0.4 is 0 Å². The standard InChI is InChI=1S/C15H20F3N3O2/c1-14(2,3)23-13(22)21-8-7-20(10-21)9-11-5-4-6-19-12(11)15(16,17)18/h4-6H,7-10H2,1-3H3. The van der Waals surface area contributed by atoms with Gasteiger partial charge in [-0.25, -0.2) is 4.79 Å². The summed E-state index contributed by atoms with van der Waals surface area (Å²) < 4.78 is 44.1. The number of hydrogen-bond donors (Lipinski definition) is 0. The van der Waals surface area contributed by atoms with E-state index in [4.69, 9.17) is 4.74 Å². The van der Waals surface area contributed by atoms with Crippen molar-refractivity contribution in [2.24, 2.45) is 0 Å². The highest BCUT2D eigenvalue weighted by molar-refractivity contribution is 5.68. The van der Waals surface area contributed by atoms with E-state index in [0.29, 0.717) is 13.1 Å². The molecule has 0 saturated carbocycles. The molecule has 1 aliphatic rings. The molecule has 2 rings (SSSR count). The summed E-state index contributed by atoms with van der Waals surface area (Å²) in [6, 6.07) is 2.89. The van der Waals surface area contributed by atoms with Crippen LogP contribution in [0.25, 0.3) is 0 Å². The molecule has 0 aromatic carbocycles. The van der Waals surface area contributed by atoms with Gasteiger partial charge in [-0.3, -0.25) is 14.8 Å². The molecule has 128 valence electrons. The number of hydrogen-bond acceptors (Lipinski definition) is 4. The minimum atomic E-state index is -4.48. The number of nitrogens with zero attached hydrogens (tertiary/aromatic N) is 3. The largest absolute Gasteiger partial charge is 0.444 e. The second-order valence-corrected chi connectivity index (χ2v) is 6.45. The highest BCUT2D eigenvalue weighted by atomic mass is 19.4. The normalized spacial score (nSPS) is 16.7. The molecule has 0 radical (unpaired) electrons. The number of rotatable bonds is 2. The fourth-order valence-electron chi connectivity index (χ4n) is 2.31. The lowest BCUT2D eigenvalue weighted by Gasteiger charge is -2.24. The van der Waals surface area contributed by atoms with E-state index in [1.807, 2.05) is 0 Å². The van der Waals surface area contributed by atoms with E-state index in [-0.39, 0.29) is 18.8 Å². The molecule has 23 heavy (non-hydrogen) atoms. The van der Waals surface area contributed by atoms with Crippen LogP contribution in [0.15, 0.2) is 18.3 Å². The van der Waals surface area contributed by atoms with Gasteiger partial charge < -0.3 is 4.74 Å². The molecule has 1 aliphatic heterocycles. The summed E-state index contributed by atoms with van der Waals surface area (Å²) in [5, 5.41) is 0. The first kappa shape index (κ1) is 17.5. The third kappa shape index (κ3) is 4.82. The van der Waals surface area contributed by atoms with Gasteiger partial charge in [-0.05, 0) is 32.4 Å². The Labute approximate surface area is 133 Å². The SMILES string of the molecule is CC(C)(C)OC(=O)N1CCN(Cc2cccnc2C(F)(F)F)C1. The van der Waals surface area contributed by atoms with Crippen LogP contribution in [0.2, 0.25) is 0 Å². The maximum absolute atomic E-state index is 12.9. The van der Waals surface area contributed by atoms with Crippen molar-refractivity contribution < 1.29 is 22.7 Å². The zero-order valence-corrected chi connectivity index (χ0v) is 13.4. The fraction of sp³-hybridized carbons (Fsp3) is 0.600. The van der Waals surface area contributed by atoms with Crippen LogP contribution in [0.5, 0.6) is 0 Å². The predicted molar refractivity (Wildman–Crippen MR) is 77.5 cm³/mol. The average Bonchev–Trinajstić information content (AvgIpc) is 2.85. The molecule has 0 aliphatic carbocycles. The van der Waals surface area contributed by atoms with E-state index in [1.165, 1.54) is 17.0 Å². The molecule has 8 heteroatoms. The molecule has 2 heterocycles. The maximum Gasteiger partial charge on any atom is 0.433 e. The Kier molecular flexibility index (Phi) is 4.84. The van der Waals surface area contributed by atoms with E-state index in [0.717, 1.165) is 6.20 Å². The van der Waals surface area contributed by atoms with Gasteiger partial charge in [0, 0.05) is 25.8 Å².